The van der Waals surface area contributed by atoms with Gasteiger partial charge in [0.1, 0.15) is 0 Å². The summed E-state index contributed by atoms with van der Waals surface area (Å²) in [5.74, 6) is -0.0745. The quantitative estimate of drug-likeness (QED) is 0.0630. The zero-order valence-corrected chi connectivity index (χ0v) is 25.4. The average molecular weight is 539 g/mol. The summed E-state index contributed by atoms with van der Waals surface area (Å²) in [4.78, 5) is 12.3. The summed E-state index contributed by atoms with van der Waals surface area (Å²) in [7, 11) is 0. The molecule has 0 aromatic carbocycles. The third-order valence-corrected chi connectivity index (χ3v) is 7.67. The molecule has 3 N–H and O–H groups in total. The van der Waals surface area contributed by atoms with Crippen LogP contribution in [-0.4, -0.2) is 34.9 Å². The van der Waals surface area contributed by atoms with E-state index in [-0.39, 0.29) is 12.5 Å². The molecule has 0 aliphatic heterocycles. The molecular weight excluding hydrogens is 470 g/mol. The standard InChI is InChI=1S/C34H67NO3/c1-3-5-7-9-11-13-15-17-19-21-23-25-27-29-33(37)32(31-36)35-34(38)30-28-26-24-22-20-18-16-14-12-10-8-6-4-2/h27,29,32-33,36-37H,3-26,28,30-31H2,1-2H3,(H,35,38)/b29-27+/t32-,33+/m0/s1/i2D. The fraction of sp³-hybridized carbons (Fsp3) is 0.912. The monoisotopic (exact) mass is 539 g/mol. The normalized spacial score (nSPS) is 13.6. The lowest BCUT2D eigenvalue weighted by Gasteiger charge is -2.20. The van der Waals surface area contributed by atoms with Gasteiger partial charge in [0.2, 0.25) is 5.91 Å². The lowest BCUT2D eigenvalue weighted by molar-refractivity contribution is -0.123. The number of hydrogen-bond donors (Lipinski definition) is 3. The van der Waals surface area contributed by atoms with Gasteiger partial charge in [-0.1, -0.05) is 167 Å². The Kier molecular flexibility index (Phi) is 28.4. The third-order valence-electron chi connectivity index (χ3n) is 7.67. The molecule has 0 radical (unpaired) electrons. The molecule has 38 heavy (non-hydrogen) atoms. The van der Waals surface area contributed by atoms with Crippen molar-refractivity contribution >= 4 is 5.91 Å². The average Bonchev–Trinajstić information content (AvgIpc) is 2.94. The number of nitrogens with one attached hydrogen (secondary N) is 1. The van der Waals surface area contributed by atoms with Crippen molar-refractivity contribution in [2.75, 3.05) is 6.61 Å². The van der Waals surface area contributed by atoms with E-state index in [0.717, 1.165) is 32.1 Å². The Hall–Kier alpha value is -0.870. The first-order chi connectivity index (χ1) is 19.2. The molecule has 4 nitrogen and oxygen atoms in total. The number of aliphatic hydroxyl groups excluding tert-OH is 2. The van der Waals surface area contributed by atoms with Crippen LogP contribution in [0.3, 0.4) is 0 Å². The maximum Gasteiger partial charge on any atom is 0.220 e. The smallest absolute Gasteiger partial charge is 0.220 e. The van der Waals surface area contributed by atoms with Crippen LogP contribution in [0.4, 0.5) is 0 Å². The van der Waals surface area contributed by atoms with Crippen molar-refractivity contribution in [3.05, 3.63) is 12.2 Å². The van der Waals surface area contributed by atoms with E-state index in [9.17, 15) is 15.0 Å². The maximum absolute atomic E-state index is 12.3. The van der Waals surface area contributed by atoms with E-state index in [4.69, 9.17) is 1.37 Å². The number of aliphatic hydroxyl groups is 2. The second-order valence-corrected chi connectivity index (χ2v) is 11.4. The first-order valence-electron chi connectivity index (χ1n) is 17.4. The second-order valence-electron chi connectivity index (χ2n) is 11.4. The van der Waals surface area contributed by atoms with Crippen molar-refractivity contribution in [2.24, 2.45) is 0 Å². The fourth-order valence-corrected chi connectivity index (χ4v) is 5.04. The molecule has 0 bridgehead atoms. The minimum atomic E-state index is -0.838. The molecule has 0 unspecified atom stereocenters. The highest BCUT2D eigenvalue weighted by Crippen LogP contribution is 2.14. The number of hydrogen-bond acceptors (Lipinski definition) is 3. The predicted molar refractivity (Wildman–Crippen MR) is 166 cm³/mol. The number of carbonyl (C=O) groups is 1. The van der Waals surface area contributed by atoms with Gasteiger partial charge >= 0.3 is 0 Å². The Bertz CT molecular complexity index is 529. The molecule has 0 aliphatic carbocycles. The summed E-state index contributed by atoms with van der Waals surface area (Å²) >= 11 is 0. The van der Waals surface area contributed by atoms with Gasteiger partial charge in [-0.05, 0) is 19.3 Å². The highest BCUT2D eigenvalue weighted by Gasteiger charge is 2.17. The fourth-order valence-electron chi connectivity index (χ4n) is 5.04. The van der Waals surface area contributed by atoms with Crippen molar-refractivity contribution in [3.63, 3.8) is 0 Å². The third kappa shape index (κ3) is 26.7. The van der Waals surface area contributed by atoms with Gasteiger partial charge in [-0.15, -0.1) is 0 Å². The molecule has 0 spiro atoms. The van der Waals surface area contributed by atoms with Crippen molar-refractivity contribution in [2.45, 2.75) is 193 Å². The summed E-state index contributed by atoms with van der Waals surface area (Å²) in [6.07, 6.45) is 34.7. The van der Waals surface area contributed by atoms with Gasteiger partial charge in [-0.3, -0.25) is 4.79 Å². The number of rotatable bonds is 30. The van der Waals surface area contributed by atoms with Crippen LogP contribution in [-0.2, 0) is 4.79 Å². The van der Waals surface area contributed by atoms with Gasteiger partial charge in [0, 0.05) is 7.79 Å². The molecule has 0 saturated carbocycles. The maximum atomic E-state index is 12.3. The molecule has 0 aromatic rings. The van der Waals surface area contributed by atoms with Crippen molar-refractivity contribution in [3.8, 4) is 0 Å². The van der Waals surface area contributed by atoms with Crippen LogP contribution >= 0.6 is 0 Å². The minimum Gasteiger partial charge on any atom is -0.394 e. The zero-order chi connectivity index (χ0) is 28.7. The zero-order valence-electron chi connectivity index (χ0n) is 26.4. The van der Waals surface area contributed by atoms with E-state index in [1.165, 1.54) is 128 Å². The Morgan fingerprint density at radius 1 is 0.684 bits per heavy atom. The first kappa shape index (κ1) is 35.2. The first-order valence-corrected chi connectivity index (χ1v) is 16.7. The summed E-state index contributed by atoms with van der Waals surface area (Å²) in [5.41, 5.74) is 0. The Balaban J connectivity index is 3.62. The lowest BCUT2D eigenvalue weighted by atomic mass is 10.0. The Labute approximate surface area is 239 Å². The highest BCUT2D eigenvalue weighted by molar-refractivity contribution is 5.76. The van der Waals surface area contributed by atoms with Crippen LogP contribution in [0.25, 0.3) is 0 Å². The molecule has 0 saturated heterocycles. The Morgan fingerprint density at radius 3 is 1.55 bits per heavy atom. The molecule has 1 amide bonds. The summed E-state index contributed by atoms with van der Waals surface area (Å²) in [6, 6.07) is -0.622. The molecular formula is C34H67NO3. The van der Waals surface area contributed by atoms with E-state index in [0.29, 0.717) is 13.3 Å². The molecule has 226 valence electrons. The van der Waals surface area contributed by atoms with Crippen LogP contribution in [0.15, 0.2) is 12.2 Å². The van der Waals surface area contributed by atoms with E-state index in [1.807, 2.05) is 6.08 Å². The largest absolute Gasteiger partial charge is 0.394 e. The van der Waals surface area contributed by atoms with Crippen LogP contribution in [0.2, 0.25) is 0 Å². The SMILES string of the molecule is [2H]CCCCCCCCCCCCCCCC(=O)N[C@@H](CO)[C@H](O)/C=C/CCCCCCCCCCCCC. The summed E-state index contributed by atoms with van der Waals surface area (Å²) in [6.45, 7) is 2.59. The number of amides is 1. The number of carbonyl (C=O) groups excluding carboxylic acids is 1. The van der Waals surface area contributed by atoms with Crippen LogP contribution in [0, 0.1) is 0 Å². The summed E-state index contributed by atoms with van der Waals surface area (Å²) in [5, 5.41) is 22.8. The molecule has 0 aromatic heterocycles. The van der Waals surface area contributed by atoms with Crippen molar-refractivity contribution in [1.82, 2.24) is 5.32 Å². The Morgan fingerprint density at radius 2 is 1.11 bits per heavy atom. The van der Waals surface area contributed by atoms with Gasteiger partial charge in [0.15, 0.2) is 0 Å². The van der Waals surface area contributed by atoms with Gasteiger partial charge in [0.25, 0.3) is 0 Å². The van der Waals surface area contributed by atoms with E-state index in [2.05, 4.69) is 12.2 Å². The molecule has 0 aliphatic rings. The molecule has 0 fully saturated rings. The van der Waals surface area contributed by atoms with E-state index >= 15 is 0 Å². The molecule has 4 heteroatoms. The van der Waals surface area contributed by atoms with E-state index < -0.39 is 12.1 Å². The molecule has 0 rings (SSSR count). The van der Waals surface area contributed by atoms with Gasteiger partial charge in [-0.25, -0.2) is 0 Å². The predicted octanol–water partition coefficient (Wildman–Crippen LogP) is 9.56. The van der Waals surface area contributed by atoms with Crippen LogP contribution in [0.5, 0.6) is 0 Å². The summed E-state index contributed by atoms with van der Waals surface area (Å²) < 4.78 is 7.15. The molecule has 0 heterocycles. The highest BCUT2D eigenvalue weighted by atomic mass is 16.3. The van der Waals surface area contributed by atoms with Crippen molar-refractivity contribution < 1.29 is 16.4 Å². The van der Waals surface area contributed by atoms with Gasteiger partial charge in [0.05, 0.1) is 18.8 Å². The van der Waals surface area contributed by atoms with Gasteiger partial charge < -0.3 is 15.5 Å². The molecule has 2 atom stereocenters. The number of unbranched alkanes of at least 4 members (excludes halogenated alkanes) is 23. The topological polar surface area (TPSA) is 69.6 Å². The van der Waals surface area contributed by atoms with Crippen molar-refractivity contribution in [1.29, 1.82) is 0 Å². The van der Waals surface area contributed by atoms with Crippen LogP contribution < -0.4 is 5.32 Å². The minimum absolute atomic E-state index is 0.0745. The van der Waals surface area contributed by atoms with E-state index in [1.54, 1.807) is 6.08 Å². The van der Waals surface area contributed by atoms with Gasteiger partial charge in [-0.2, -0.15) is 0 Å². The second kappa shape index (κ2) is 30.7. The number of allylic oxidation sites excluding steroid dienone is 1. The lowest BCUT2D eigenvalue weighted by Crippen LogP contribution is -2.45. The van der Waals surface area contributed by atoms with Crippen LogP contribution in [0.1, 0.15) is 182 Å².